The van der Waals surface area contributed by atoms with Gasteiger partial charge in [0.1, 0.15) is 11.3 Å². The molecule has 0 amide bonds. The van der Waals surface area contributed by atoms with Crippen molar-refractivity contribution < 1.29 is 0 Å². The predicted molar refractivity (Wildman–Crippen MR) is 113 cm³/mol. The Kier molecular flexibility index (Phi) is 7.96. The lowest BCUT2D eigenvalue weighted by atomic mass is 10.1. The van der Waals surface area contributed by atoms with Crippen LogP contribution in [0.1, 0.15) is 5.56 Å². The molecule has 1 aromatic rings. The first-order valence-corrected chi connectivity index (χ1v) is 9.67. The van der Waals surface area contributed by atoms with Crippen molar-refractivity contribution in [2.75, 3.05) is 52.7 Å². The van der Waals surface area contributed by atoms with Crippen LogP contribution in [0.5, 0.6) is 0 Å². The Bertz CT molecular complexity index is 625. The molecule has 0 radical (unpaired) electrons. The predicted octanol–water partition coefficient (Wildman–Crippen LogP) is 0.417. The molecular weight excluding hydrogens is 346 g/mol. The molecular formula is C18H31N7S. The number of hydrogen-bond donors (Lipinski definition) is 6. The molecule has 0 fully saturated rings. The molecule has 0 saturated carbocycles. The third kappa shape index (κ3) is 5.76. The molecule has 1 heterocycles. The fraction of sp³-hybridized carbons (Fsp3) is 0.444. The largest absolute Gasteiger partial charge is 0.384 e. The van der Waals surface area contributed by atoms with Crippen molar-refractivity contribution in [1.82, 2.24) is 26.6 Å². The maximum atomic E-state index is 5.94. The van der Waals surface area contributed by atoms with E-state index in [2.05, 4.69) is 61.2 Å². The Morgan fingerprint density at radius 1 is 1.19 bits per heavy atom. The number of rotatable bonds is 10. The van der Waals surface area contributed by atoms with Crippen molar-refractivity contribution in [2.45, 2.75) is 5.50 Å². The molecule has 7 N–H and O–H groups in total. The second-order valence-electron chi connectivity index (χ2n) is 6.19. The molecule has 1 unspecified atom stereocenters. The number of anilines is 1. The van der Waals surface area contributed by atoms with E-state index in [-0.39, 0.29) is 5.50 Å². The summed E-state index contributed by atoms with van der Waals surface area (Å²) in [4.78, 5) is 2.10. The van der Waals surface area contributed by atoms with Gasteiger partial charge in [-0.15, -0.1) is 0 Å². The fourth-order valence-electron chi connectivity index (χ4n) is 2.53. The Labute approximate surface area is 160 Å². The highest BCUT2D eigenvalue weighted by atomic mass is 32.2. The maximum absolute atomic E-state index is 5.94. The second-order valence-corrected chi connectivity index (χ2v) is 7.17. The van der Waals surface area contributed by atoms with Gasteiger partial charge in [0, 0.05) is 52.2 Å². The number of hydrogen-bond acceptors (Lipinski definition) is 8. The van der Waals surface area contributed by atoms with E-state index in [1.165, 1.54) is 11.3 Å². The van der Waals surface area contributed by atoms with Crippen molar-refractivity contribution in [1.29, 1.82) is 0 Å². The van der Waals surface area contributed by atoms with Crippen LogP contribution in [0, 0.1) is 0 Å². The summed E-state index contributed by atoms with van der Waals surface area (Å²) in [7, 11) is 7.82. The van der Waals surface area contributed by atoms with E-state index >= 15 is 0 Å². The SMILES string of the molecule is CNC/C(NCCNC1NC(c2ccc(N(C)C)cc2)=CS1)=C(/N)NC. The smallest absolute Gasteiger partial charge is 0.129 e. The van der Waals surface area contributed by atoms with Crippen LogP contribution in [0.15, 0.2) is 41.2 Å². The monoisotopic (exact) mass is 377 g/mol. The molecule has 1 atom stereocenters. The van der Waals surface area contributed by atoms with Crippen LogP contribution in [0.2, 0.25) is 0 Å². The van der Waals surface area contributed by atoms with Crippen molar-refractivity contribution in [3.05, 3.63) is 46.8 Å². The minimum Gasteiger partial charge on any atom is -0.384 e. The third-order valence-corrected chi connectivity index (χ3v) is 4.97. The molecule has 1 aliphatic rings. The topological polar surface area (TPSA) is 89.4 Å². The van der Waals surface area contributed by atoms with Crippen molar-refractivity contribution in [3.63, 3.8) is 0 Å². The van der Waals surface area contributed by atoms with E-state index in [1.807, 2.05) is 28.2 Å². The van der Waals surface area contributed by atoms with Crippen LogP contribution in [0.3, 0.4) is 0 Å². The Hall–Kier alpha value is -2.03. The van der Waals surface area contributed by atoms with E-state index in [0.717, 1.165) is 24.5 Å². The van der Waals surface area contributed by atoms with Crippen LogP contribution in [0.25, 0.3) is 5.70 Å². The molecule has 1 aliphatic heterocycles. The summed E-state index contributed by atoms with van der Waals surface area (Å²) in [5.41, 5.74) is 10.6. The minimum atomic E-state index is 0.179. The van der Waals surface area contributed by atoms with Gasteiger partial charge in [-0.25, -0.2) is 0 Å². The molecule has 0 spiro atoms. The van der Waals surface area contributed by atoms with E-state index in [0.29, 0.717) is 12.4 Å². The summed E-state index contributed by atoms with van der Waals surface area (Å²) in [6.45, 7) is 2.33. The number of nitrogens with one attached hydrogen (secondary N) is 5. The highest BCUT2D eigenvalue weighted by molar-refractivity contribution is 8.03. The molecule has 1 aromatic carbocycles. The lowest BCUT2D eigenvalue weighted by molar-refractivity contribution is 0.592. The molecule has 0 saturated heterocycles. The zero-order valence-electron chi connectivity index (χ0n) is 16.0. The summed E-state index contributed by atoms with van der Waals surface area (Å²) in [5.74, 6) is 0.665. The van der Waals surface area contributed by atoms with Gasteiger partial charge >= 0.3 is 0 Å². The summed E-state index contributed by atoms with van der Waals surface area (Å²) >= 11 is 1.75. The molecule has 144 valence electrons. The van der Waals surface area contributed by atoms with E-state index in [9.17, 15) is 0 Å². The summed E-state index contributed by atoms with van der Waals surface area (Å²) in [6, 6.07) is 8.56. The van der Waals surface area contributed by atoms with Crippen LogP contribution in [0.4, 0.5) is 5.69 Å². The van der Waals surface area contributed by atoms with Gasteiger partial charge in [0.25, 0.3) is 0 Å². The van der Waals surface area contributed by atoms with Crippen LogP contribution in [-0.2, 0) is 0 Å². The fourth-order valence-corrected chi connectivity index (χ4v) is 3.42. The summed E-state index contributed by atoms with van der Waals surface area (Å²) < 4.78 is 0. The van der Waals surface area contributed by atoms with E-state index in [4.69, 9.17) is 5.73 Å². The molecule has 0 bridgehead atoms. The zero-order chi connectivity index (χ0) is 18.9. The zero-order valence-corrected chi connectivity index (χ0v) is 16.8. The Morgan fingerprint density at radius 2 is 1.92 bits per heavy atom. The average Bonchev–Trinajstić information content (AvgIpc) is 3.12. The van der Waals surface area contributed by atoms with Crippen LogP contribution >= 0.6 is 11.8 Å². The standard InChI is InChI=1S/C18H31N7S/c1-20-11-15(17(19)21-2)22-9-10-23-18-24-16(12-26-18)13-5-7-14(8-6-13)25(3)4/h5-8,12,18,20-24H,9-11,19H2,1-4H3/b17-15+. The highest BCUT2D eigenvalue weighted by Crippen LogP contribution is 2.26. The Balaban J connectivity index is 1.75. The summed E-state index contributed by atoms with van der Waals surface area (Å²) in [6.07, 6.45) is 0. The Morgan fingerprint density at radius 3 is 2.54 bits per heavy atom. The highest BCUT2D eigenvalue weighted by Gasteiger charge is 2.16. The molecule has 0 aromatic heterocycles. The number of nitrogens with zero attached hydrogens (tertiary/aromatic N) is 1. The van der Waals surface area contributed by atoms with Gasteiger partial charge in [0.05, 0.1) is 5.70 Å². The van der Waals surface area contributed by atoms with Crippen molar-refractivity contribution in [2.24, 2.45) is 5.73 Å². The van der Waals surface area contributed by atoms with E-state index in [1.54, 1.807) is 11.8 Å². The normalized spacial score (nSPS) is 17.2. The number of benzene rings is 1. The van der Waals surface area contributed by atoms with Gasteiger partial charge in [-0.1, -0.05) is 23.9 Å². The van der Waals surface area contributed by atoms with Gasteiger partial charge in [0.15, 0.2) is 0 Å². The maximum Gasteiger partial charge on any atom is 0.129 e. The van der Waals surface area contributed by atoms with Crippen LogP contribution < -0.4 is 37.2 Å². The summed E-state index contributed by atoms with van der Waals surface area (Å²) in [5, 5.41) is 18.6. The van der Waals surface area contributed by atoms with Gasteiger partial charge in [-0.3, -0.25) is 5.32 Å². The lowest BCUT2D eigenvalue weighted by Gasteiger charge is -2.18. The first-order chi connectivity index (χ1) is 12.5. The van der Waals surface area contributed by atoms with Crippen molar-refractivity contribution >= 4 is 23.1 Å². The van der Waals surface area contributed by atoms with Gasteiger partial charge in [-0.2, -0.15) is 0 Å². The number of likely N-dealkylation sites (N-methyl/N-ethyl adjacent to an activating group) is 1. The van der Waals surface area contributed by atoms with Gasteiger partial charge < -0.3 is 31.9 Å². The molecule has 0 aliphatic carbocycles. The van der Waals surface area contributed by atoms with Gasteiger partial charge in [-0.05, 0) is 30.2 Å². The third-order valence-electron chi connectivity index (χ3n) is 4.04. The molecule has 7 nitrogen and oxygen atoms in total. The minimum absolute atomic E-state index is 0.179. The van der Waals surface area contributed by atoms with Crippen LogP contribution in [-0.4, -0.2) is 53.3 Å². The first kappa shape index (κ1) is 20.3. The lowest BCUT2D eigenvalue weighted by Crippen LogP contribution is -2.40. The quantitative estimate of drug-likeness (QED) is 0.327. The molecule has 26 heavy (non-hydrogen) atoms. The number of nitrogens with two attached hydrogens (primary N) is 1. The first-order valence-electron chi connectivity index (χ1n) is 8.73. The molecule has 2 rings (SSSR count). The number of thioether (sulfide) groups is 1. The average molecular weight is 378 g/mol. The van der Waals surface area contributed by atoms with E-state index < -0.39 is 0 Å². The van der Waals surface area contributed by atoms with Crippen molar-refractivity contribution in [3.8, 4) is 0 Å². The van der Waals surface area contributed by atoms with Gasteiger partial charge in [0.2, 0.25) is 0 Å². The second kappa shape index (κ2) is 10.2. The molecule has 8 heteroatoms.